The van der Waals surface area contributed by atoms with Crippen molar-refractivity contribution in [2.45, 2.75) is 25.7 Å². The Balaban J connectivity index is 1.43. The lowest BCUT2D eigenvalue weighted by Gasteiger charge is -2.22. The smallest absolute Gasteiger partial charge is 0.193 e. The molecule has 0 spiro atoms. The summed E-state index contributed by atoms with van der Waals surface area (Å²) in [6.45, 7) is 3.78. The van der Waals surface area contributed by atoms with Crippen LogP contribution in [-0.2, 0) is 0 Å². The third kappa shape index (κ3) is 3.73. The van der Waals surface area contributed by atoms with Crippen LogP contribution in [0.15, 0.2) is 35.3 Å². The maximum Gasteiger partial charge on any atom is 0.193 e. The van der Waals surface area contributed by atoms with Gasteiger partial charge in [-0.1, -0.05) is 31.0 Å². The average Bonchev–Trinajstić information content (AvgIpc) is 2.99. The van der Waals surface area contributed by atoms with Crippen LogP contribution in [0.25, 0.3) is 0 Å². The summed E-state index contributed by atoms with van der Waals surface area (Å²) in [6, 6.07) is 9.96. The summed E-state index contributed by atoms with van der Waals surface area (Å²) in [6.07, 6.45) is 5.61. The molecule has 1 saturated carbocycles. The number of hydrogen-bond donors (Lipinski definition) is 1. The minimum Gasteiger partial charge on any atom is -0.492 e. The predicted octanol–water partition coefficient (Wildman–Crippen LogP) is 2.76. The third-order valence-electron chi connectivity index (χ3n) is 4.88. The summed E-state index contributed by atoms with van der Waals surface area (Å²) in [4.78, 5) is 6.88. The van der Waals surface area contributed by atoms with Gasteiger partial charge in [-0.3, -0.25) is 4.99 Å². The van der Waals surface area contributed by atoms with Crippen LogP contribution in [0, 0.1) is 11.8 Å². The van der Waals surface area contributed by atoms with Gasteiger partial charge in [-0.25, -0.2) is 0 Å². The second-order valence-corrected chi connectivity index (χ2v) is 6.35. The molecule has 1 aliphatic heterocycles. The highest BCUT2D eigenvalue weighted by Gasteiger charge is 2.35. The van der Waals surface area contributed by atoms with Gasteiger partial charge in [-0.05, 0) is 36.8 Å². The minimum atomic E-state index is 0.656. The number of hydrogen-bond acceptors (Lipinski definition) is 2. The monoisotopic (exact) mass is 301 g/mol. The van der Waals surface area contributed by atoms with Gasteiger partial charge in [0, 0.05) is 20.1 Å². The molecule has 0 amide bonds. The fourth-order valence-electron chi connectivity index (χ4n) is 3.76. The minimum absolute atomic E-state index is 0.656. The van der Waals surface area contributed by atoms with E-state index in [0.717, 1.165) is 30.1 Å². The highest BCUT2D eigenvalue weighted by atomic mass is 16.5. The normalized spacial score (nSPS) is 25.0. The Morgan fingerprint density at radius 2 is 1.86 bits per heavy atom. The van der Waals surface area contributed by atoms with E-state index in [-0.39, 0.29) is 0 Å². The molecule has 1 heterocycles. The van der Waals surface area contributed by atoms with E-state index in [0.29, 0.717) is 6.61 Å². The Bertz CT molecular complexity index is 474. The van der Waals surface area contributed by atoms with E-state index >= 15 is 0 Å². The molecule has 2 atom stereocenters. The van der Waals surface area contributed by atoms with Gasteiger partial charge in [0.05, 0.1) is 6.54 Å². The van der Waals surface area contributed by atoms with Crippen LogP contribution < -0.4 is 10.1 Å². The molecular formula is C18H27N3O. The maximum absolute atomic E-state index is 5.72. The van der Waals surface area contributed by atoms with Crippen molar-refractivity contribution in [1.82, 2.24) is 10.2 Å². The Hall–Kier alpha value is -1.71. The highest BCUT2D eigenvalue weighted by Crippen LogP contribution is 2.35. The molecule has 0 bridgehead atoms. The SMILES string of the molecule is CN=C(NCCOc1ccccc1)N1CC2CCCCC2C1. The van der Waals surface area contributed by atoms with Crippen molar-refractivity contribution in [3.05, 3.63) is 30.3 Å². The van der Waals surface area contributed by atoms with Gasteiger partial charge in [-0.15, -0.1) is 0 Å². The number of benzene rings is 1. The standard InChI is InChI=1S/C18H27N3O/c1-19-18(20-11-12-22-17-9-3-2-4-10-17)21-13-15-7-5-6-8-16(15)14-21/h2-4,9-10,15-16H,5-8,11-14H2,1H3,(H,19,20). The molecule has 2 unspecified atom stereocenters. The van der Waals surface area contributed by atoms with Crippen LogP contribution >= 0.6 is 0 Å². The van der Waals surface area contributed by atoms with Crippen molar-refractivity contribution < 1.29 is 4.74 Å². The number of nitrogens with zero attached hydrogens (tertiary/aromatic N) is 2. The number of ether oxygens (including phenoxy) is 1. The molecule has 1 aromatic carbocycles. The van der Waals surface area contributed by atoms with Gasteiger partial charge < -0.3 is 15.0 Å². The summed E-state index contributed by atoms with van der Waals surface area (Å²) >= 11 is 0. The van der Waals surface area contributed by atoms with Gasteiger partial charge in [0.2, 0.25) is 0 Å². The molecule has 1 aliphatic carbocycles. The van der Waals surface area contributed by atoms with E-state index in [1.54, 1.807) is 0 Å². The Labute approximate surface area is 133 Å². The molecule has 22 heavy (non-hydrogen) atoms. The molecule has 0 aromatic heterocycles. The molecule has 1 saturated heterocycles. The summed E-state index contributed by atoms with van der Waals surface area (Å²) < 4.78 is 5.72. The molecule has 1 N–H and O–H groups in total. The van der Waals surface area contributed by atoms with Crippen LogP contribution in [0.2, 0.25) is 0 Å². The number of aliphatic imine (C=N–C) groups is 1. The van der Waals surface area contributed by atoms with Crippen molar-refractivity contribution in [3.63, 3.8) is 0 Å². The second kappa shape index (κ2) is 7.52. The van der Waals surface area contributed by atoms with Crippen LogP contribution in [0.4, 0.5) is 0 Å². The molecule has 4 nitrogen and oxygen atoms in total. The first-order valence-electron chi connectivity index (χ1n) is 8.50. The summed E-state index contributed by atoms with van der Waals surface area (Å²) in [5, 5.41) is 3.44. The molecule has 0 radical (unpaired) electrons. The van der Waals surface area contributed by atoms with E-state index in [1.165, 1.54) is 38.8 Å². The lowest BCUT2D eigenvalue weighted by atomic mass is 9.82. The molecule has 4 heteroatoms. The van der Waals surface area contributed by atoms with Crippen molar-refractivity contribution in [2.75, 3.05) is 33.3 Å². The summed E-state index contributed by atoms with van der Waals surface area (Å²) in [5.41, 5.74) is 0. The van der Waals surface area contributed by atoms with Gasteiger partial charge in [0.25, 0.3) is 0 Å². The fourth-order valence-corrected chi connectivity index (χ4v) is 3.76. The van der Waals surface area contributed by atoms with Crippen LogP contribution in [-0.4, -0.2) is 44.1 Å². The zero-order valence-corrected chi connectivity index (χ0v) is 13.5. The number of rotatable bonds is 4. The molecular weight excluding hydrogens is 274 g/mol. The van der Waals surface area contributed by atoms with Gasteiger partial charge >= 0.3 is 0 Å². The topological polar surface area (TPSA) is 36.9 Å². The number of nitrogens with one attached hydrogen (secondary N) is 1. The summed E-state index contributed by atoms with van der Waals surface area (Å²) in [5.74, 6) is 3.72. The molecule has 3 rings (SSSR count). The van der Waals surface area contributed by atoms with Crippen LogP contribution in [0.1, 0.15) is 25.7 Å². The first-order chi connectivity index (χ1) is 10.9. The maximum atomic E-state index is 5.72. The zero-order valence-electron chi connectivity index (χ0n) is 13.5. The third-order valence-corrected chi connectivity index (χ3v) is 4.88. The predicted molar refractivity (Wildman–Crippen MR) is 90.3 cm³/mol. The van der Waals surface area contributed by atoms with Crippen LogP contribution in [0.3, 0.4) is 0 Å². The Morgan fingerprint density at radius 1 is 1.18 bits per heavy atom. The molecule has 2 fully saturated rings. The van der Waals surface area contributed by atoms with E-state index < -0.39 is 0 Å². The van der Waals surface area contributed by atoms with Crippen molar-refractivity contribution in [1.29, 1.82) is 0 Å². The lowest BCUT2D eigenvalue weighted by molar-refractivity contribution is 0.299. The van der Waals surface area contributed by atoms with E-state index in [9.17, 15) is 0 Å². The van der Waals surface area contributed by atoms with Gasteiger partial charge in [0.1, 0.15) is 12.4 Å². The highest BCUT2D eigenvalue weighted by molar-refractivity contribution is 5.80. The van der Waals surface area contributed by atoms with E-state index in [4.69, 9.17) is 4.74 Å². The van der Waals surface area contributed by atoms with E-state index in [1.807, 2.05) is 37.4 Å². The number of likely N-dealkylation sites (tertiary alicyclic amines) is 1. The Morgan fingerprint density at radius 3 is 2.50 bits per heavy atom. The van der Waals surface area contributed by atoms with Crippen molar-refractivity contribution >= 4 is 5.96 Å². The number of fused-ring (bicyclic) bond motifs is 1. The van der Waals surface area contributed by atoms with Crippen molar-refractivity contribution in [2.24, 2.45) is 16.8 Å². The average molecular weight is 301 g/mol. The molecule has 1 aromatic rings. The largest absolute Gasteiger partial charge is 0.492 e. The van der Waals surface area contributed by atoms with Gasteiger partial charge in [-0.2, -0.15) is 0 Å². The Kier molecular flexibility index (Phi) is 5.20. The van der Waals surface area contributed by atoms with Gasteiger partial charge in [0.15, 0.2) is 5.96 Å². The van der Waals surface area contributed by atoms with E-state index in [2.05, 4.69) is 15.2 Å². The quantitative estimate of drug-likeness (QED) is 0.528. The van der Waals surface area contributed by atoms with Crippen molar-refractivity contribution in [3.8, 4) is 5.75 Å². The number of para-hydroxylation sites is 1. The molecule has 2 aliphatic rings. The van der Waals surface area contributed by atoms with Crippen LogP contribution in [0.5, 0.6) is 5.75 Å². The first-order valence-corrected chi connectivity index (χ1v) is 8.50. The fraction of sp³-hybridized carbons (Fsp3) is 0.611. The first kappa shape index (κ1) is 15.2. The lowest BCUT2D eigenvalue weighted by Crippen LogP contribution is -2.41. The summed E-state index contributed by atoms with van der Waals surface area (Å²) in [7, 11) is 1.88. The zero-order chi connectivity index (χ0) is 15.2. The molecule has 120 valence electrons. The number of guanidine groups is 1. The second-order valence-electron chi connectivity index (χ2n) is 6.35.